The average Bonchev–Trinajstić information content (AvgIpc) is 2.38. The number of anilines is 1. The highest BCUT2D eigenvalue weighted by Crippen LogP contribution is 2.25. The number of benzene rings is 2. The van der Waals surface area contributed by atoms with Crippen LogP contribution in [-0.4, -0.2) is 5.91 Å². The first kappa shape index (κ1) is 12.5. The van der Waals surface area contributed by atoms with Crippen molar-refractivity contribution in [2.24, 2.45) is 5.73 Å². The topological polar surface area (TPSA) is 69.1 Å². The molecule has 3 nitrogen and oxygen atoms in total. The minimum Gasteiger partial charge on any atom is -0.398 e. The second kappa shape index (κ2) is 5.60. The molecule has 4 N–H and O–H groups in total. The van der Waals surface area contributed by atoms with Crippen LogP contribution >= 0.6 is 11.8 Å². The average molecular weight is 258 g/mol. The van der Waals surface area contributed by atoms with Gasteiger partial charge in [0.2, 0.25) is 5.91 Å². The summed E-state index contributed by atoms with van der Waals surface area (Å²) in [7, 11) is 0. The summed E-state index contributed by atoms with van der Waals surface area (Å²) in [5.74, 6) is 0.318. The van der Waals surface area contributed by atoms with Gasteiger partial charge in [-0.3, -0.25) is 4.79 Å². The summed E-state index contributed by atoms with van der Waals surface area (Å²) in [5, 5.41) is 0. The van der Waals surface area contributed by atoms with Gasteiger partial charge in [0.25, 0.3) is 0 Å². The number of thioether (sulfide) groups is 1. The monoisotopic (exact) mass is 258 g/mol. The van der Waals surface area contributed by atoms with Gasteiger partial charge >= 0.3 is 0 Å². The van der Waals surface area contributed by atoms with E-state index in [1.165, 1.54) is 4.90 Å². The Balaban J connectivity index is 2.08. The van der Waals surface area contributed by atoms with E-state index >= 15 is 0 Å². The number of primary amides is 1. The van der Waals surface area contributed by atoms with Crippen LogP contribution in [0.1, 0.15) is 15.9 Å². The SMILES string of the molecule is NC(=O)c1ccc(CSc2ccccc2)c(N)c1. The number of hydrogen-bond acceptors (Lipinski definition) is 3. The van der Waals surface area contributed by atoms with Crippen LogP contribution in [0.15, 0.2) is 53.4 Å². The zero-order valence-electron chi connectivity index (χ0n) is 9.80. The van der Waals surface area contributed by atoms with E-state index < -0.39 is 5.91 Å². The molecule has 4 heteroatoms. The summed E-state index contributed by atoms with van der Waals surface area (Å²) < 4.78 is 0. The maximum absolute atomic E-state index is 11.0. The third-order valence-electron chi connectivity index (χ3n) is 2.57. The zero-order chi connectivity index (χ0) is 13.0. The molecule has 2 aromatic rings. The van der Waals surface area contributed by atoms with Gasteiger partial charge in [-0.25, -0.2) is 0 Å². The Morgan fingerprint density at radius 3 is 2.44 bits per heavy atom. The smallest absolute Gasteiger partial charge is 0.248 e. The Morgan fingerprint density at radius 1 is 1.11 bits per heavy atom. The van der Waals surface area contributed by atoms with Gasteiger partial charge in [-0.1, -0.05) is 24.3 Å². The van der Waals surface area contributed by atoms with Crippen LogP contribution in [0.2, 0.25) is 0 Å². The fourth-order valence-corrected chi connectivity index (χ4v) is 2.49. The molecular weight excluding hydrogens is 244 g/mol. The molecule has 0 saturated carbocycles. The largest absolute Gasteiger partial charge is 0.398 e. The van der Waals surface area contributed by atoms with E-state index in [9.17, 15) is 4.79 Å². The van der Waals surface area contributed by atoms with Crippen molar-refractivity contribution in [3.8, 4) is 0 Å². The summed E-state index contributed by atoms with van der Waals surface area (Å²) in [6.07, 6.45) is 0. The van der Waals surface area contributed by atoms with Crippen molar-refractivity contribution in [3.05, 3.63) is 59.7 Å². The van der Waals surface area contributed by atoms with Crippen LogP contribution in [0.25, 0.3) is 0 Å². The summed E-state index contributed by atoms with van der Waals surface area (Å²) in [6, 6.07) is 15.3. The number of carbonyl (C=O) groups excluding carboxylic acids is 1. The highest BCUT2D eigenvalue weighted by Gasteiger charge is 2.05. The Morgan fingerprint density at radius 2 is 1.83 bits per heavy atom. The second-order valence-corrected chi connectivity index (χ2v) is 4.93. The standard InChI is InChI=1S/C14H14N2OS/c15-13-8-10(14(16)17)6-7-11(13)9-18-12-4-2-1-3-5-12/h1-8H,9,15H2,(H2,16,17). The molecule has 0 saturated heterocycles. The number of rotatable bonds is 4. The van der Waals surface area contributed by atoms with E-state index in [2.05, 4.69) is 12.1 Å². The van der Waals surface area contributed by atoms with Gasteiger partial charge in [-0.05, 0) is 29.8 Å². The molecule has 0 aliphatic rings. The lowest BCUT2D eigenvalue weighted by Crippen LogP contribution is -2.11. The van der Waals surface area contributed by atoms with Crippen molar-refractivity contribution in [3.63, 3.8) is 0 Å². The molecule has 0 aliphatic heterocycles. The first-order valence-corrected chi connectivity index (χ1v) is 6.51. The van der Waals surface area contributed by atoms with Gasteiger partial charge < -0.3 is 11.5 Å². The summed E-state index contributed by atoms with van der Waals surface area (Å²) in [6.45, 7) is 0. The number of carbonyl (C=O) groups is 1. The zero-order valence-corrected chi connectivity index (χ0v) is 10.6. The Bertz CT molecular complexity index is 555. The van der Waals surface area contributed by atoms with Crippen LogP contribution in [0.4, 0.5) is 5.69 Å². The minimum absolute atomic E-state index is 0.445. The number of hydrogen-bond donors (Lipinski definition) is 2. The molecule has 0 spiro atoms. The van der Waals surface area contributed by atoms with Crippen LogP contribution < -0.4 is 11.5 Å². The van der Waals surface area contributed by atoms with Gasteiger partial charge in [0, 0.05) is 21.9 Å². The summed E-state index contributed by atoms with van der Waals surface area (Å²) >= 11 is 1.71. The Labute approximate surface area is 110 Å². The van der Waals surface area contributed by atoms with E-state index in [0.29, 0.717) is 11.3 Å². The van der Waals surface area contributed by atoms with Gasteiger partial charge in [-0.2, -0.15) is 0 Å². The normalized spacial score (nSPS) is 10.2. The first-order valence-electron chi connectivity index (χ1n) is 5.53. The summed E-state index contributed by atoms with van der Waals surface area (Å²) in [4.78, 5) is 12.2. The molecule has 0 bridgehead atoms. The van der Waals surface area contributed by atoms with E-state index in [1.54, 1.807) is 23.9 Å². The highest BCUT2D eigenvalue weighted by atomic mass is 32.2. The second-order valence-electron chi connectivity index (χ2n) is 3.88. The maximum Gasteiger partial charge on any atom is 0.248 e. The van der Waals surface area contributed by atoms with Crippen molar-refractivity contribution in [2.45, 2.75) is 10.6 Å². The first-order chi connectivity index (χ1) is 8.66. The number of nitrogens with two attached hydrogens (primary N) is 2. The lowest BCUT2D eigenvalue weighted by atomic mass is 10.1. The van der Waals surface area contributed by atoms with E-state index in [-0.39, 0.29) is 0 Å². The quantitative estimate of drug-likeness (QED) is 0.654. The fourth-order valence-electron chi connectivity index (χ4n) is 1.56. The molecule has 18 heavy (non-hydrogen) atoms. The molecule has 2 aromatic carbocycles. The van der Waals surface area contributed by atoms with E-state index in [1.807, 2.05) is 24.3 Å². The van der Waals surface area contributed by atoms with Crippen LogP contribution in [0.3, 0.4) is 0 Å². The lowest BCUT2D eigenvalue weighted by molar-refractivity contribution is 0.100. The van der Waals surface area contributed by atoms with Gasteiger partial charge in [0.05, 0.1) is 0 Å². The van der Waals surface area contributed by atoms with Crippen LogP contribution in [-0.2, 0) is 5.75 Å². The van der Waals surface area contributed by atoms with Crippen molar-refractivity contribution >= 4 is 23.4 Å². The molecule has 0 radical (unpaired) electrons. The molecule has 0 aromatic heterocycles. The number of amides is 1. The highest BCUT2D eigenvalue weighted by molar-refractivity contribution is 7.98. The van der Waals surface area contributed by atoms with Gasteiger partial charge in [-0.15, -0.1) is 11.8 Å². The lowest BCUT2D eigenvalue weighted by Gasteiger charge is -2.07. The molecular formula is C14H14N2OS. The van der Waals surface area contributed by atoms with Crippen molar-refractivity contribution < 1.29 is 4.79 Å². The molecule has 0 heterocycles. The fraction of sp³-hybridized carbons (Fsp3) is 0.0714. The van der Waals surface area contributed by atoms with Gasteiger partial charge in [0.15, 0.2) is 0 Å². The molecule has 0 aliphatic carbocycles. The van der Waals surface area contributed by atoms with Crippen molar-refractivity contribution in [1.82, 2.24) is 0 Å². The minimum atomic E-state index is -0.455. The summed E-state index contributed by atoms with van der Waals surface area (Å²) in [5.41, 5.74) is 13.2. The molecule has 1 amide bonds. The predicted molar refractivity (Wildman–Crippen MR) is 75.4 cm³/mol. The van der Waals surface area contributed by atoms with Crippen molar-refractivity contribution in [1.29, 1.82) is 0 Å². The molecule has 0 atom stereocenters. The Kier molecular flexibility index (Phi) is 3.89. The van der Waals surface area contributed by atoms with Crippen LogP contribution in [0, 0.1) is 0 Å². The molecule has 92 valence electrons. The predicted octanol–water partition coefficient (Wildman–Crippen LogP) is 2.66. The van der Waals surface area contributed by atoms with Crippen molar-refractivity contribution in [2.75, 3.05) is 5.73 Å². The number of nitrogen functional groups attached to an aromatic ring is 1. The molecule has 0 fully saturated rings. The van der Waals surface area contributed by atoms with E-state index in [4.69, 9.17) is 11.5 Å². The molecule has 2 rings (SSSR count). The third kappa shape index (κ3) is 3.05. The van der Waals surface area contributed by atoms with E-state index in [0.717, 1.165) is 11.3 Å². The Hall–Kier alpha value is -1.94. The molecule has 0 unspecified atom stereocenters. The maximum atomic E-state index is 11.0. The van der Waals surface area contributed by atoms with Gasteiger partial charge in [0.1, 0.15) is 0 Å². The third-order valence-corrected chi connectivity index (χ3v) is 3.63. The van der Waals surface area contributed by atoms with Crippen LogP contribution in [0.5, 0.6) is 0 Å².